The Morgan fingerprint density at radius 1 is 1.07 bits per heavy atom. The van der Waals surface area contributed by atoms with Crippen LogP contribution in [0.25, 0.3) is 16.7 Å². The quantitative estimate of drug-likeness (QED) is 0.271. The molecule has 2 N–H and O–H groups in total. The van der Waals surface area contributed by atoms with Crippen molar-refractivity contribution in [2.24, 2.45) is 0 Å². The normalized spacial score (nSPS) is 15.8. The molecule has 2 aliphatic rings. The molecule has 0 spiro atoms. The number of piperidine rings is 1. The highest BCUT2D eigenvalue weighted by Crippen LogP contribution is 2.30. The van der Waals surface area contributed by atoms with E-state index in [-0.39, 0.29) is 16.7 Å². The van der Waals surface area contributed by atoms with E-state index in [1.165, 1.54) is 42.4 Å². The maximum Gasteiger partial charge on any atom is 0.280 e. The number of anilines is 2. The van der Waals surface area contributed by atoms with E-state index in [2.05, 4.69) is 44.9 Å². The first-order chi connectivity index (χ1) is 21.2. The van der Waals surface area contributed by atoms with Gasteiger partial charge in [-0.2, -0.15) is 4.98 Å². The lowest BCUT2D eigenvalue weighted by molar-refractivity contribution is 0.0536. The minimum Gasteiger partial charge on any atom is -0.324 e. The molecule has 1 saturated heterocycles. The Morgan fingerprint density at radius 2 is 1.82 bits per heavy atom. The van der Waals surface area contributed by atoms with Gasteiger partial charge in [-0.3, -0.25) is 14.4 Å². The molecule has 0 atom stereocenters. The molecule has 2 aromatic carbocycles. The predicted molar refractivity (Wildman–Crippen MR) is 169 cm³/mol. The van der Waals surface area contributed by atoms with Gasteiger partial charge in [-0.15, -0.1) is 0 Å². The van der Waals surface area contributed by atoms with Gasteiger partial charge in [0.2, 0.25) is 11.4 Å². The van der Waals surface area contributed by atoms with Crippen LogP contribution >= 0.6 is 0 Å². The summed E-state index contributed by atoms with van der Waals surface area (Å²) >= 11 is 0. The molecule has 0 bridgehead atoms. The van der Waals surface area contributed by atoms with Gasteiger partial charge in [-0.1, -0.05) is 18.2 Å². The average molecular weight is 617 g/mol. The zero-order valence-electron chi connectivity index (χ0n) is 24.9. The van der Waals surface area contributed by atoms with Crippen LogP contribution in [0.5, 0.6) is 0 Å². The van der Waals surface area contributed by atoms with E-state index in [1.807, 2.05) is 18.2 Å². The largest absolute Gasteiger partial charge is 0.324 e. The fraction of sp³-hybridized carbons (Fsp3) is 0.375. The molecular weight excluding hydrogens is 580 g/mol. The summed E-state index contributed by atoms with van der Waals surface area (Å²) in [6, 6.07) is 14.3. The van der Waals surface area contributed by atoms with Gasteiger partial charge in [0, 0.05) is 36.6 Å². The van der Waals surface area contributed by atoms with Crippen LogP contribution in [-0.4, -0.2) is 72.5 Å². The summed E-state index contributed by atoms with van der Waals surface area (Å²) in [7, 11) is -1.64. The van der Waals surface area contributed by atoms with Crippen molar-refractivity contribution in [1.29, 1.82) is 0 Å². The Kier molecular flexibility index (Phi) is 8.48. The van der Waals surface area contributed by atoms with Gasteiger partial charge >= 0.3 is 0 Å². The smallest absolute Gasteiger partial charge is 0.280 e. The molecule has 0 radical (unpaired) electrons. The molecule has 1 amide bonds. The minimum absolute atomic E-state index is 0.0685. The van der Waals surface area contributed by atoms with E-state index in [0.29, 0.717) is 24.1 Å². The highest BCUT2D eigenvalue weighted by Gasteiger charge is 2.22. The number of hydrogen-bond acceptors (Lipinski definition) is 9. The van der Waals surface area contributed by atoms with Gasteiger partial charge in [0.05, 0.1) is 18.2 Å². The SMILES string of the molecule is CONC(=O)c1cn(-c2ccc3c(c2)CCC3)c2nc(Nc3ccc(C4CCN(CCS(C)(=O)=O)CC4)cc3)ncc2c1=O. The van der Waals surface area contributed by atoms with Crippen molar-refractivity contribution in [3.8, 4) is 5.69 Å². The first-order valence-corrected chi connectivity index (χ1v) is 16.9. The van der Waals surface area contributed by atoms with Gasteiger partial charge in [0.15, 0.2) is 5.65 Å². The Labute approximate surface area is 256 Å². The van der Waals surface area contributed by atoms with Crippen molar-refractivity contribution in [1.82, 2.24) is 24.9 Å². The third-order valence-corrected chi connectivity index (χ3v) is 9.47. The van der Waals surface area contributed by atoms with E-state index in [1.54, 1.807) is 4.57 Å². The second-order valence-electron chi connectivity index (χ2n) is 11.6. The second-order valence-corrected chi connectivity index (χ2v) is 13.9. The third-order valence-electron chi connectivity index (χ3n) is 8.55. The second kappa shape index (κ2) is 12.5. The summed E-state index contributed by atoms with van der Waals surface area (Å²) in [5.74, 6) is 0.300. The number of hydroxylamine groups is 1. The van der Waals surface area contributed by atoms with E-state index in [9.17, 15) is 18.0 Å². The number of rotatable bonds is 9. The molecule has 11 nitrogen and oxygen atoms in total. The number of carbonyl (C=O) groups excluding carboxylic acids is 1. The van der Waals surface area contributed by atoms with Crippen molar-refractivity contribution in [2.45, 2.75) is 38.0 Å². The summed E-state index contributed by atoms with van der Waals surface area (Å²) in [6.45, 7) is 2.35. The molecular formula is C32H36N6O5S. The van der Waals surface area contributed by atoms with Gasteiger partial charge in [-0.25, -0.2) is 18.9 Å². The molecule has 2 aromatic heterocycles. The first-order valence-electron chi connectivity index (χ1n) is 14.8. The zero-order chi connectivity index (χ0) is 30.8. The standard InChI is InChI=1S/C32H36N6O5S/c1-43-36-31(40)28-20-38(26-11-8-21-4-3-5-24(21)18-26)30-27(29(28)39)19-33-32(35-30)34-25-9-6-22(7-10-25)23-12-14-37(15-13-23)16-17-44(2,41)42/h6-11,18-20,23H,3-5,12-17H2,1-2H3,(H,36,40)(H,33,34,35). The number of amides is 1. The first kappa shape index (κ1) is 29.9. The van der Waals surface area contributed by atoms with E-state index < -0.39 is 21.2 Å². The highest BCUT2D eigenvalue weighted by molar-refractivity contribution is 7.90. The Balaban J connectivity index is 1.24. The number of aromatic nitrogens is 3. The number of likely N-dealkylation sites (tertiary alicyclic amines) is 1. The zero-order valence-corrected chi connectivity index (χ0v) is 25.7. The third kappa shape index (κ3) is 6.52. The molecule has 3 heterocycles. The van der Waals surface area contributed by atoms with Crippen LogP contribution in [0.15, 0.2) is 59.7 Å². The molecule has 1 aliphatic heterocycles. The van der Waals surface area contributed by atoms with E-state index in [0.717, 1.165) is 56.6 Å². The molecule has 0 unspecified atom stereocenters. The lowest BCUT2D eigenvalue weighted by Crippen LogP contribution is -2.36. The monoisotopic (exact) mass is 616 g/mol. The van der Waals surface area contributed by atoms with Crippen molar-refractivity contribution in [3.63, 3.8) is 0 Å². The molecule has 12 heteroatoms. The van der Waals surface area contributed by atoms with Crippen molar-refractivity contribution < 1.29 is 18.0 Å². The molecule has 230 valence electrons. The summed E-state index contributed by atoms with van der Waals surface area (Å²) < 4.78 is 24.8. The van der Waals surface area contributed by atoms with Crippen LogP contribution in [0.2, 0.25) is 0 Å². The Hall–Kier alpha value is -4.13. The topological polar surface area (TPSA) is 136 Å². The summed E-state index contributed by atoms with van der Waals surface area (Å²) in [5.41, 5.74) is 7.50. The Bertz CT molecular complexity index is 1870. The number of nitrogens with zero attached hydrogens (tertiary/aromatic N) is 4. The number of carbonyl (C=O) groups is 1. The van der Waals surface area contributed by atoms with Crippen LogP contribution in [0, 0.1) is 0 Å². The number of nitrogens with one attached hydrogen (secondary N) is 2. The number of aryl methyl sites for hydroxylation is 2. The maximum atomic E-state index is 13.3. The van der Waals surface area contributed by atoms with E-state index >= 15 is 0 Å². The number of sulfone groups is 1. The molecule has 1 aliphatic carbocycles. The van der Waals surface area contributed by atoms with Crippen LogP contribution < -0.4 is 16.2 Å². The lowest BCUT2D eigenvalue weighted by Gasteiger charge is -2.32. The number of fused-ring (bicyclic) bond motifs is 2. The van der Waals surface area contributed by atoms with Crippen LogP contribution in [0.1, 0.15) is 52.2 Å². The summed E-state index contributed by atoms with van der Waals surface area (Å²) in [5, 5.41) is 3.48. The van der Waals surface area contributed by atoms with E-state index in [4.69, 9.17) is 9.82 Å². The van der Waals surface area contributed by atoms with Crippen molar-refractivity contribution in [3.05, 3.63) is 87.3 Å². The van der Waals surface area contributed by atoms with Crippen molar-refractivity contribution in [2.75, 3.05) is 44.1 Å². The highest BCUT2D eigenvalue weighted by atomic mass is 32.2. The number of benzene rings is 2. The number of pyridine rings is 1. The molecule has 0 saturated carbocycles. The van der Waals surface area contributed by atoms with Crippen LogP contribution in [0.3, 0.4) is 0 Å². The van der Waals surface area contributed by atoms with Gasteiger partial charge in [0.1, 0.15) is 15.4 Å². The summed E-state index contributed by atoms with van der Waals surface area (Å²) in [6.07, 6.45) is 9.33. The molecule has 4 aromatic rings. The summed E-state index contributed by atoms with van der Waals surface area (Å²) in [4.78, 5) is 42.1. The van der Waals surface area contributed by atoms with Crippen LogP contribution in [-0.2, 0) is 27.5 Å². The predicted octanol–water partition coefficient (Wildman–Crippen LogP) is 3.53. The lowest BCUT2D eigenvalue weighted by atomic mass is 9.89. The average Bonchev–Trinajstić information content (AvgIpc) is 3.49. The maximum absolute atomic E-state index is 13.3. The molecule has 44 heavy (non-hydrogen) atoms. The van der Waals surface area contributed by atoms with Gasteiger partial charge < -0.3 is 14.8 Å². The Morgan fingerprint density at radius 3 is 2.55 bits per heavy atom. The minimum atomic E-state index is -2.96. The van der Waals surface area contributed by atoms with Gasteiger partial charge in [0.25, 0.3) is 5.91 Å². The van der Waals surface area contributed by atoms with Gasteiger partial charge in [-0.05, 0) is 92.1 Å². The fourth-order valence-electron chi connectivity index (χ4n) is 6.14. The molecule has 1 fully saturated rings. The number of hydrogen-bond donors (Lipinski definition) is 2. The van der Waals surface area contributed by atoms with Crippen LogP contribution in [0.4, 0.5) is 11.6 Å². The molecule has 6 rings (SSSR count). The van der Waals surface area contributed by atoms with Crippen molar-refractivity contribution >= 4 is 38.4 Å². The fourth-order valence-corrected chi connectivity index (χ4v) is 6.73.